The van der Waals surface area contributed by atoms with Crippen molar-refractivity contribution in [1.82, 2.24) is 0 Å². The lowest BCUT2D eigenvalue weighted by Gasteiger charge is -2.47. The normalized spacial score (nSPS) is 42.8. The maximum absolute atomic E-state index is 11.0. The molecule has 2 heterocycles. The van der Waals surface area contributed by atoms with E-state index >= 15 is 0 Å². The molecule has 3 aliphatic rings. The van der Waals surface area contributed by atoms with Gasteiger partial charge in [-0.25, -0.2) is 0 Å². The summed E-state index contributed by atoms with van der Waals surface area (Å²) in [4.78, 5) is 0. The predicted octanol–water partition coefficient (Wildman–Crippen LogP) is 3.87. The van der Waals surface area contributed by atoms with E-state index in [9.17, 15) is 5.11 Å². The number of rotatable bonds is 2. The summed E-state index contributed by atoms with van der Waals surface area (Å²) in [6.45, 7) is 5.58. The van der Waals surface area contributed by atoms with Crippen LogP contribution in [0.2, 0.25) is 0 Å². The highest BCUT2D eigenvalue weighted by Crippen LogP contribution is 2.48. The van der Waals surface area contributed by atoms with Gasteiger partial charge in [-0.2, -0.15) is 11.8 Å². The molecule has 2 nitrogen and oxygen atoms in total. The highest BCUT2D eigenvalue weighted by Gasteiger charge is 2.46. The molecule has 116 valence electrons. The third kappa shape index (κ3) is 2.91. The van der Waals surface area contributed by atoms with Crippen molar-refractivity contribution in [2.75, 3.05) is 18.1 Å². The molecule has 4 unspecified atom stereocenters. The summed E-state index contributed by atoms with van der Waals surface area (Å²) in [6.07, 6.45) is 8.35. The molecule has 3 fully saturated rings. The number of aliphatic hydroxyl groups is 1. The van der Waals surface area contributed by atoms with Crippen molar-refractivity contribution in [3.05, 3.63) is 0 Å². The quantitative estimate of drug-likeness (QED) is 0.839. The number of thioether (sulfide) groups is 1. The molecule has 3 rings (SSSR count). The lowest BCUT2D eigenvalue weighted by molar-refractivity contribution is -0.122. The molecule has 3 heteroatoms. The second-order valence-electron chi connectivity index (χ2n) is 7.92. The van der Waals surface area contributed by atoms with Gasteiger partial charge in [0, 0.05) is 12.4 Å². The minimum Gasteiger partial charge on any atom is -0.393 e. The zero-order valence-electron chi connectivity index (χ0n) is 13.1. The number of hydrogen-bond donors (Lipinski definition) is 1. The largest absolute Gasteiger partial charge is 0.393 e. The fraction of sp³-hybridized carbons (Fsp3) is 1.00. The summed E-state index contributed by atoms with van der Waals surface area (Å²) in [5, 5.41) is 11.0. The Hall–Kier alpha value is 0.270. The molecule has 2 aliphatic heterocycles. The van der Waals surface area contributed by atoms with Gasteiger partial charge in [0.1, 0.15) is 0 Å². The van der Waals surface area contributed by atoms with Crippen LogP contribution >= 0.6 is 11.8 Å². The zero-order valence-corrected chi connectivity index (χ0v) is 13.9. The van der Waals surface area contributed by atoms with Crippen molar-refractivity contribution >= 4 is 11.8 Å². The molecule has 4 atom stereocenters. The summed E-state index contributed by atoms with van der Waals surface area (Å²) in [7, 11) is 0. The molecule has 0 aromatic carbocycles. The molecule has 0 radical (unpaired) electrons. The first kappa shape index (κ1) is 15.2. The van der Waals surface area contributed by atoms with Crippen molar-refractivity contribution in [3.8, 4) is 0 Å². The van der Waals surface area contributed by atoms with Crippen molar-refractivity contribution in [1.29, 1.82) is 0 Å². The number of hydrogen-bond acceptors (Lipinski definition) is 3. The van der Waals surface area contributed by atoms with Crippen LogP contribution in [0.25, 0.3) is 0 Å². The van der Waals surface area contributed by atoms with E-state index in [1.807, 2.05) is 11.8 Å². The van der Waals surface area contributed by atoms with Gasteiger partial charge in [-0.05, 0) is 55.1 Å². The smallest absolute Gasteiger partial charge is 0.0783 e. The van der Waals surface area contributed by atoms with E-state index in [2.05, 4.69) is 13.8 Å². The van der Waals surface area contributed by atoms with Crippen LogP contribution in [-0.4, -0.2) is 34.9 Å². The van der Waals surface area contributed by atoms with Crippen LogP contribution in [0.1, 0.15) is 58.8 Å². The summed E-state index contributed by atoms with van der Waals surface area (Å²) in [5.41, 5.74) is 0.418. The van der Waals surface area contributed by atoms with Gasteiger partial charge in [-0.15, -0.1) is 0 Å². The maximum atomic E-state index is 11.0. The molecule has 0 amide bonds. The van der Waals surface area contributed by atoms with Gasteiger partial charge in [0.2, 0.25) is 0 Å². The van der Waals surface area contributed by atoms with Crippen molar-refractivity contribution < 1.29 is 9.84 Å². The molecule has 1 spiro atoms. The maximum Gasteiger partial charge on any atom is 0.0783 e. The first-order valence-electron chi connectivity index (χ1n) is 8.42. The summed E-state index contributed by atoms with van der Waals surface area (Å²) in [5.74, 6) is 3.33. The van der Waals surface area contributed by atoms with Crippen LogP contribution in [-0.2, 0) is 4.74 Å². The molecule has 1 saturated carbocycles. The van der Waals surface area contributed by atoms with Crippen LogP contribution in [0.15, 0.2) is 0 Å². The highest BCUT2D eigenvalue weighted by atomic mass is 32.2. The van der Waals surface area contributed by atoms with E-state index in [0.29, 0.717) is 17.3 Å². The van der Waals surface area contributed by atoms with E-state index < -0.39 is 0 Å². The zero-order chi connectivity index (χ0) is 14.2. The highest BCUT2D eigenvalue weighted by molar-refractivity contribution is 7.99. The number of ether oxygens (including phenoxy) is 1. The van der Waals surface area contributed by atoms with Crippen molar-refractivity contribution in [3.63, 3.8) is 0 Å². The van der Waals surface area contributed by atoms with Crippen LogP contribution in [0, 0.1) is 17.3 Å². The van der Waals surface area contributed by atoms with Crippen LogP contribution < -0.4 is 0 Å². The lowest BCUT2D eigenvalue weighted by atomic mass is 9.63. The Morgan fingerprint density at radius 1 is 1.20 bits per heavy atom. The van der Waals surface area contributed by atoms with E-state index in [-0.39, 0.29) is 11.7 Å². The van der Waals surface area contributed by atoms with Crippen molar-refractivity contribution in [2.45, 2.75) is 70.5 Å². The molecule has 2 saturated heterocycles. The Balaban J connectivity index is 1.68. The minimum atomic E-state index is -0.114. The van der Waals surface area contributed by atoms with Gasteiger partial charge in [0.15, 0.2) is 0 Å². The third-order valence-electron chi connectivity index (χ3n) is 6.08. The average molecular weight is 298 g/mol. The van der Waals surface area contributed by atoms with Gasteiger partial charge in [0.25, 0.3) is 0 Å². The van der Waals surface area contributed by atoms with Gasteiger partial charge in [-0.3, -0.25) is 0 Å². The molecular formula is C17H30O2S. The number of aliphatic hydroxyl groups excluding tert-OH is 1. The summed E-state index contributed by atoms with van der Waals surface area (Å²) < 4.78 is 6.11. The monoisotopic (exact) mass is 298 g/mol. The standard InChI is InChI=1S/C17H30O2S/c1-16(2)7-4-3-5-14(16)15(18)13-6-9-19-17(11-13)8-10-20-12-17/h13-15,18H,3-12H2,1-2H3. The second kappa shape index (κ2) is 5.81. The van der Waals surface area contributed by atoms with Crippen molar-refractivity contribution in [2.24, 2.45) is 17.3 Å². The fourth-order valence-electron chi connectivity index (χ4n) is 4.70. The second-order valence-corrected chi connectivity index (χ2v) is 9.02. The van der Waals surface area contributed by atoms with Crippen LogP contribution in [0.3, 0.4) is 0 Å². The third-order valence-corrected chi connectivity index (χ3v) is 7.31. The Labute approximate surface area is 128 Å². The van der Waals surface area contributed by atoms with Gasteiger partial charge in [0.05, 0.1) is 11.7 Å². The topological polar surface area (TPSA) is 29.5 Å². The first-order valence-corrected chi connectivity index (χ1v) is 9.58. The predicted molar refractivity (Wildman–Crippen MR) is 85.1 cm³/mol. The van der Waals surface area contributed by atoms with E-state index in [4.69, 9.17) is 4.74 Å². The molecule has 20 heavy (non-hydrogen) atoms. The lowest BCUT2D eigenvalue weighted by Crippen LogP contribution is -2.47. The Morgan fingerprint density at radius 3 is 2.75 bits per heavy atom. The molecule has 1 N–H and O–H groups in total. The van der Waals surface area contributed by atoms with E-state index in [1.54, 1.807) is 0 Å². The SMILES string of the molecule is CC1(C)CCCCC1C(O)C1CCOC2(CCSC2)C1. The van der Waals surface area contributed by atoms with Crippen LogP contribution in [0.4, 0.5) is 0 Å². The molecular weight excluding hydrogens is 268 g/mol. The molecule has 0 bridgehead atoms. The summed E-state index contributed by atoms with van der Waals surface area (Å²) in [6, 6.07) is 0. The first-order chi connectivity index (χ1) is 9.53. The Kier molecular flexibility index (Phi) is 4.41. The van der Waals surface area contributed by atoms with E-state index in [1.165, 1.54) is 37.9 Å². The van der Waals surface area contributed by atoms with E-state index in [0.717, 1.165) is 25.2 Å². The Bertz CT molecular complexity index is 336. The summed E-state index contributed by atoms with van der Waals surface area (Å²) >= 11 is 2.02. The molecule has 0 aromatic rings. The minimum absolute atomic E-state index is 0.105. The van der Waals surface area contributed by atoms with Gasteiger partial charge in [-0.1, -0.05) is 26.7 Å². The van der Waals surface area contributed by atoms with Gasteiger partial charge < -0.3 is 9.84 Å². The fourth-order valence-corrected chi connectivity index (χ4v) is 6.08. The molecule has 1 aliphatic carbocycles. The van der Waals surface area contributed by atoms with Gasteiger partial charge >= 0.3 is 0 Å². The Morgan fingerprint density at radius 2 is 2.05 bits per heavy atom. The molecule has 0 aromatic heterocycles. The van der Waals surface area contributed by atoms with Crippen LogP contribution in [0.5, 0.6) is 0 Å². The average Bonchev–Trinajstić information content (AvgIpc) is 2.85.